The van der Waals surface area contributed by atoms with Gasteiger partial charge in [-0.2, -0.15) is 5.10 Å². The van der Waals surface area contributed by atoms with E-state index in [1.807, 2.05) is 18.5 Å². The van der Waals surface area contributed by atoms with Gasteiger partial charge in [-0.05, 0) is 39.5 Å². The van der Waals surface area contributed by atoms with E-state index in [1.54, 1.807) is 12.4 Å². The smallest absolute Gasteiger partial charge is 0.305 e. The van der Waals surface area contributed by atoms with Gasteiger partial charge in [0.15, 0.2) is 0 Å². The number of nitrogens with zero attached hydrogens (tertiary/aromatic N) is 4. The minimum absolute atomic E-state index is 0.275. The van der Waals surface area contributed by atoms with E-state index < -0.39 is 0 Å². The third-order valence-electron chi connectivity index (χ3n) is 5.11. The molecule has 2 amide bonds. The molecule has 2 aromatic rings. The van der Waals surface area contributed by atoms with Gasteiger partial charge in [-0.25, -0.2) is 14.8 Å². The van der Waals surface area contributed by atoms with Crippen molar-refractivity contribution in [1.29, 1.82) is 0 Å². The molecule has 2 saturated carbocycles. The number of rotatable bonds is 4. The van der Waals surface area contributed by atoms with Gasteiger partial charge < -0.3 is 10.6 Å². The first-order valence-electron chi connectivity index (χ1n) is 9.07. The van der Waals surface area contributed by atoms with Crippen molar-refractivity contribution in [1.82, 2.24) is 19.7 Å². The van der Waals surface area contributed by atoms with Crippen LogP contribution in [0, 0.1) is 13.8 Å². The van der Waals surface area contributed by atoms with E-state index in [0.717, 1.165) is 35.7 Å². The molecule has 2 N–H and O–H groups in total. The zero-order chi connectivity index (χ0) is 17.4. The molecule has 132 valence electrons. The molecule has 0 aromatic carbocycles. The predicted octanol–water partition coefficient (Wildman–Crippen LogP) is 3.93. The maximum Gasteiger partial charge on any atom is 0.323 e. The number of nitrogens with one attached hydrogen (secondary N) is 2. The van der Waals surface area contributed by atoms with Gasteiger partial charge in [-0.1, -0.05) is 12.8 Å². The quantitative estimate of drug-likeness (QED) is 0.883. The Balaban J connectivity index is 1.46. The van der Waals surface area contributed by atoms with Crippen LogP contribution < -0.4 is 10.6 Å². The first kappa shape index (κ1) is 16.1. The first-order valence-corrected chi connectivity index (χ1v) is 9.07. The Kier molecular flexibility index (Phi) is 4.15. The molecule has 7 heteroatoms. The Morgan fingerprint density at radius 3 is 2.52 bits per heavy atom. The van der Waals surface area contributed by atoms with Crippen molar-refractivity contribution in [2.45, 2.75) is 64.3 Å². The van der Waals surface area contributed by atoms with Gasteiger partial charge >= 0.3 is 6.03 Å². The van der Waals surface area contributed by atoms with Crippen LogP contribution in [0.3, 0.4) is 0 Å². The van der Waals surface area contributed by atoms with Crippen LogP contribution in [0.15, 0.2) is 12.4 Å². The maximum absolute atomic E-state index is 12.4. The lowest BCUT2D eigenvalue weighted by Gasteiger charge is -2.13. The fourth-order valence-corrected chi connectivity index (χ4v) is 3.59. The molecule has 0 saturated heterocycles. The molecule has 0 bridgehead atoms. The van der Waals surface area contributed by atoms with Crippen molar-refractivity contribution in [2.75, 3.05) is 10.6 Å². The normalized spacial score (nSPS) is 17.7. The van der Waals surface area contributed by atoms with E-state index in [0.29, 0.717) is 17.6 Å². The number of aryl methyl sites for hydroxylation is 1. The molecule has 4 rings (SSSR count). The van der Waals surface area contributed by atoms with Crippen LogP contribution in [0.25, 0.3) is 0 Å². The predicted molar refractivity (Wildman–Crippen MR) is 95.9 cm³/mol. The van der Waals surface area contributed by atoms with Gasteiger partial charge in [0.05, 0.1) is 41.2 Å². The summed E-state index contributed by atoms with van der Waals surface area (Å²) in [6, 6.07) is 0.189. The van der Waals surface area contributed by atoms with Crippen LogP contribution in [0.2, 0.25) is 0 Å². The Bertz CT molecular complexity index is 789. The molecular weight excluding hydrogens is 316 g/mol. The molecule has 2 fully saturated rings. The molecule has 0 unspecified atom stereocenters. The summed E-state index contributed by atoms with van der Waals surface area (Å²) in [6.45, 7) is 3.88. The van der Waals surface area contributed by atoms with Crippen molar-refractivity contribution in [2.24, 2.45) is 0 Å². The van der Waals surface area contributed by atoms with E-state index in [1.165, 1.54) is 25.7 Å². The highest BCUT2D eigenvalue weighted by molar-refractivity contribution is 6.00. The average molecular weight is 340 g/mol. The van der Waals surface area contributed by atoms with Gasteiger partial charge in [0.2, 0.25) is 0 Å². The number of hydrogen-bond acceptors (Lipinski definition) is 4. The zero-order valence-electron chi connectivity index (χ0n) is 14.7. The molecule has 2 aliphatic carbocycles. The largest absolute Gasteiger partial charge is 0.323 e. The van der Waals surface area contributed by atoms with Gasteiger partial charge in [0.25, 0.3) is 0 Å². The molecule has 2 aliphatic rings. The van der Waals surface area contributed by atoms with Crippen LogP contribution >= 0.6 is 0 Å². The Hall–Kier alpha value is -2.44. The van der Waals surface area contributed by atoms with Crippen LogP contribution in [0.1, 0.15) is 67.7 Å². The highest BCUT2D eigenvalue weighted by Crippen LogP contribution is 2.42. The summed E-state index contributed by atoms with van der Waals surface area (Å²) in [6.07, 6.45) is 10.5. The van der Waals surface area contributed by atoms with E-state index in [-0.39, 0.29) is 6.03 Å². The number of amides is 2. The second-order valence-corrected chi connectivity index (χ2v) is 7.10. The number of aromatic nitrogens is 4. The summed E-state index contributed by atoms with van der Waals surface area (Å²) in [4.78, 5) is 21.1. The fourth-order valence-electron chi connectivity index (χ4n) is 3.59. The third kappa shape index (κ3) is 3.36. The van der Waals surface area contributed by atoms with Crippen molar-refractivity contribution in [3.63, 3.8) is 0 Å². The van der Waals surface area contributed by atoms with E-state index in [9.17, 15) is 4.79 Å². The number of anilines is 2. The standard InChI is InChI=1S/C18H24N6O/c1-11-15(10-20-24(11)14-5-3-4-6-14)22-18(25)23-16-9-19-12(2)21-17(16)13-7-8-13/h9-10,13-14H,3-8H2,1-2H3,(H2,22,23,25). The summed E-state index contributed by atoms with van der Waals surface area (Å²) >= 11 is 0. The van der Waals surface area contributed by atoms with E-state index >= 15 is 0 Å². The van der Waals surface area contributed by atoms with Crippen LogP contribution in [-0.4, -0.2) is 25.8 Å². The summed E-state index contributed by atoms with van der Waals surface area (Å²) in [5.74, 6) is 1.19. The lowest BCUT2D eigenvalue weighted by molar-refractivity contribution is 0.262. The van der Waals surface area contributed by atoms with Crippen molar-refractivity contribution in [3.05, 3.63) is 29.6 Å². The summed E-state index contributed by atoms with van der Waals surface area (Å²) in [7, 11) is 0. The van der Waals surface area contributed by atoms with Gasteiger partial charge in [-0.15, -0.1) is 0 Å². The van der Waals surface area contributed by atoms with Crippen LogP contribution in [0.5, 0.6) is 0 Å². The number of carbonyl (C=O) groups excluding carboxylic acids is 1. The summed E-state index contributed by atoms with van der Waals surface area (Å²) in [5.41, 5.74) is 3.41. The van der Waals surface area contributed by atoms with Gasteiger partial charge in [0.1, 0.15) is 5.82 Å². The highest BCUT2D eigenvalue weighted by Gasteiger charge is 2.29. The molecule has 0 atom stereocenters. The summed E-state index contributed by atoms with van der Waals surface area (Å²) in [5, 5.41) is 10.3. The third-order valence-corrected chi connectivity index (χ3v) is 5.11. The molecule has 0 spiro atoms. The Labute approximate surface area is 147 Å². The molecule has 2 aromatic heterocycles. The molecule has 0 aliphatic heterocycles. The molecule has 25 heavy (non-hydrogen) atoms. The first-order chi connectivity index (χ1) is 12.1. The van der Waals surface area contributed by atoms with E-state index in [4.69, 9.17) is 0 Å². The second-order valence-electron chi connectivity index (χ2n) is 7.10. The van der Waals surface area contributed by atoms with Gasteiger partial charge in [-0.3, -0.25) is 4.68 Å². The summed E-state index contributed by atoms with van der Waals surface area (Å²) < 4.78 is 2.05. The maximum atomic E-state index is 12.4. The van der Waals surface area contributed by atoms with Crippen LogP contribution in [-0.2, 0) is 0 Å². The molecular formula is C18H24N6O. The zero-order valence-corrected chi connectivity index (χ0v) is 14.7. The second kappa shape index (κ2) is 6.46. The van der Waals surface area contributed by atoms with E-state index in [2.05, 4.69) is 25.7 Å². The Morgan fingerprint density at radius 2 is 1.80 bits per heavy atom. The van der Waals surface area contributed by atoms with Crippen LogP contribution in [0.4, 0.5) is 16.2 Å². The van der Waals surface area contributed by atoms with Crippen molar-refractivity contribution >= 4 is 17.4 Å². The topological polar surface area (TPSA) is 84.7 Å². The lowest BCUT2D eigenvalue weighted by Crippen LogP contribution is -2.21. The van der Waals surface area contributed by atoms with Crippen molar-refractivity contribution in [3.8, 4) is 0 Å². The number of urea groups is 1. The molecule has 2 heterocycles. The van der Waals surface area contributed by atoms with Crippen molar-refractivity contribution < 1.29 is 4.79 Å². The molecule has 7 nitrogen and oxygen atoms in total. The van der Waals surface area contributed by atoms with Gasteiger partial charge in [0, 0.05) is 5.92 Å². The fraction of sp³-hybridized carbons (Fsp3) is 0.556. The Morgan fingerprint density at radius 1 is 1.08 bits per heavy atom. The SMILES string of the molecule is Cc1ncc(NC(=O)Nc2cnn(C3CCCC3)c2C)c(C2CC2)n1. The minimum Gasteiger partial charge on any atom is -0.305 e. The monoisotopic (exact) mass is 340 g/mol. The minimum atomic E-state index is -0.275. The number of hydrogen-bond donors (Lipinski definition) is 2. The average Bonchev–Trinajstić information content (AvgIpc) is 3.18. The molecule has 0 radical (unpaired) electrons. The highest BCUT2D eigenvalue weighted by atomic mass is 16.2. The number of carbonyl (C=O) groups is 1. The lowest BCUT2D eigenvalue weighted by atomic mass is 10.2.